The van der Waals surface area contributed by atoms with Crippen LogP contribution in [0, 0.1) is 13.8 Å². The van der Waals surface area contributed by atoms with Crippen LogP contribution in [0.15, 0.2) is 30.6 Å². The van der Waals surface area contributed by atoms with Crippen molar-refractivity contribution < 1.29 is 0 Å². The average molecular weight is 177 g/mol. The van der Waals surface area contributed by atoms with Crippen molar-refractivity contribution >= 4 is 5.69 Å². The van der Waals surface area contributed by atoms with E-state index in [0.29, 0.717) is 5.82 Å². The first kappa shape index (κ1) is 9.61. The number of hydrogen-bond donors (Lipinski definition) is 3. The van der Waals surface area contributed by atoms with E-state index in [1.807, 2.05) is 32.0 Å². The van der Waals surface area contributed by atoms with Crippen molar-refractivity contribution in [2.24, 2.45) is 5.84 Å². The molecule has 1 aromatic rings. The van der Waals surface area contributed by atoms with Crippen molar-refractivity contribution in [1.82, 2.24) is 5.43 Å². The van der Waals surface area contributed by atoms with Crippen molar-refractivity contribution in [1.29, 1.82) is 0 Å². The largest absolute Gasteiger partial charge is 0.341 e. The molecule has 13 heavy (non-hydrogen) atoms. The van der Waals surface area contributed by atoms with Crippen LogP contribution in [0.5, 0.6) is 0 Å². The second-order valence-electron chi connectivity index (χ2n) is 3.01. The monoisotopic (exact) mass is 177 g/mol. The summed E-state index contributed by atoms with van der Waals surface area (Å²) in [6.07, 6.45) is 0. The molecule has 0 saturated heterocycles. The number of rotatable bonds is 3. The zero-order chi connectivity index (χ0) is 9.84. The van der Waals surface area contributed by atoms with Gasteiger partial charge in [-0.25, -0.2) is 5.84 Å². The molecule has 0 aliphatic heterocycles. The fourth-order valence-corrected chi connectivity index (χ4v) is 1.20. The lowest BCUT2D eigenvalue weighted by Gasteiger charge is -2.13. The Hall–Kier alpha value is -1.48. The minimum Gasteiger partial charge on any atom is -0.341 e. The summed E-state index contributed by atoms with van der Waals surface area (Å²) in [6.45, 7) is 7.79. The van der Waals surface area contributed by atoms with Gasteiger partial charge in [-0.2, -0.15) is 0 Å². The Morgan fingerprint density at radius 1 is 1.31 bits per heavy atom. The van der Waals surface area contributed by atoms with Gasteiger partial charge < -0.3 is 10.7 Å². The number of aryl methyl sites for hydroxylation is 2. The Kier molecular flexibility index (Phi) is 2.93. The van der Waals surface area contributed by atoms with Gasteiger partial charge in [-0.15, -0.1) is 0 Å². The van der Waals surface area contributed by atoms with E-state index < -0.39 is 0 Å². The lowest BCUT2D eigenvalue weighted by atomic mass is 10.1. The van der Waals surface area contributed by atoms with Crippen LogP contribution >= 0.6 is 0 Å². The van der Waals surface area contributed by atoms with Gasteiger partial charge in [0.05, 0.1) is 0 Å². The first-order valence-electron chi connectivity index (χ1n) is 4.14. The molecule has 1 aromatic carbocycles. The number of hydrogen-bond acceptors (Lipinski definition) is 3. The fourth-order valence-electron chi connectivity index (χ4n) is 1.20. The highest BCUT2D eigenvalue weighted by Crippen LogP contribution is 2.19. The summed E-state index contributed by atoms with van der Waals surface area (Å²) >= 11 is 0. The number of benzene rings is 1. The molecule has 3 nitrogen and oxygen atoms in total. The maximum atomic E-state index is 5.21. The van der Waals surface area contributed by atoms with Gasteiger partial charge in [0.1, 0.15) is 5.82 Å². The summed E-state index contributed by atoms with van der Waals surface area (Å²) in [5.74, 6) is 5.80. The van der Waals surface area contributed by atoms with E-state index in [4.69, 9.17) is 5.84 Å². The van der Waals surface area contributed by atoms with Crippen LogP contribution in [-0.2, 0) is 0 Å². The highest BCUT2D eigenvalue weighted by molar-refractivity contribution is 5.59. The molecule has 3 heteroatoms. The molecule has 1 rings (SSSR count). The Morgan fingerprint density at radius 2 is 1.85 bits per heavy atom. The molecule has 0 heterocycles. The van der Waals surface area contributed by atoms with Gasteiger partial charge in [-0.1, -0.05) is 24.8 Å². The zero-order valence-corrected chi connectivity index (χ0v) is 8.02. The Labute approximate surface area is 78.6 Å². The maximum Gasteiger partial charge on any atom is 0.110 e. The van der Waals surface area contributed by atoms with Gasteiger partial charge in [0.15, 0.2) is 0 Å². The molecular formula is C10H15N3. The van der Waals surface area contributed by atoms with Crippen LogP contribution in [0.3, 0.4) is 0 Å². The predicted octanol–water partition coefficient (Wildman–Crippen LogP) is 1.65. The summed E-state index contributed by atoms with van der Waals surface area (Å²) in [4.78, 5) is 0. The second kappa shape index (κ2) is 3.96. The van der Waals surface area contributed by atoms with Crippen molar-refractivity contribution in [3.05, 3.63) is 41.7 Å². The molecule has 0 aliphatic carbocycles. The quantitative estimate of drug-likeness (QED) is 0.486. The molecule has 0 amide bonds. The Morgan fingerprint density at radius 3 is 2.31 bits per heavy atom. The summed E-state index contributed by atoms with van der Waals surface area (Å²) in [7, 11) is 0. The molecule has 0 saturated carbocycles. The van der Waals surface area contributed by atoms with E-state index in [1.54, 1.807) is 0 Å². The smallest absolute Gasteiger partial charge is 0.110 e. The van der Waals surface area contributed by atoms with Gasteiger partial charge in [-0.05, 0) is 25.0 Å². The highest BCUT2D eigenvalue weighted by atomic mass is 15.3. The van der Waals surface area contributed by atoms with Gasteiger partial charge in [0.2, 0.25) is 0 Å². The number of nitrogens with two attached hydrogens (primary N) is 1. The molecule has 0 radical (unpaired) electrons. The highest BCUT2D eigenvalue weighted by Gasteiger charge is 2.01. The van der Waals surface area contributed by atoms with Crippen LogP contribution in [0.2, 0.25) is 0 Å². The van der Waals surface area contributed by atoms with Gasteiger partial charge in [0, 0.05) is 5.69 Å². The van der Waals surface area contributed by atoms with E-state index in [9.17, 15) is 0 Å². The molecule has 0 spiro atoms. The summed E-state index contributed by atoms with van der Waals surface area (Å²) in [5, 5.41) is 3.10. The summed E-state index contributed by atoms with van der Waals surface area (Å²) in [5.41, 5.74) is 5.88. The van der Waals surface area contributed by atoms with Crippen LogP contribution in [-0.4, -0.2) is 0 Å². The first-order chi connectivity index (χ1) is 6.15. The van der Waals surface area contributed by atoms with Crippen molar-refractivity contribution in [3.8, 4) is 0 Å². The number of para-hydroxylation sites is 1. The van der Waals surface area contributed by atoms with Crippen LogP contribution in [0.4, 0.5) is 5.69 Å². The summed E-state index contributed by atoms with van der Waals surface area (Å²) < 4.78 is 0. The lowest BCUT2D eigenvalue weighted by molar-refractivity contribution is 0.896. The molecule has 0 atom stereocenters. The minimum absolute atomic E-state index is 0.595. The van der Waals surface area contributed by atoms with E-state index in [0.717, 1.165) is 5.69 Å². The van der Waals surface area contributed by atoms with Crippen molar-refractivity contribution in [2.45, 2.75) is 13.8 Å². The standard InChI is InChI=1S/C10H15N3/c1-7-5-4-6-8(2)10(7)12-9(3)13-11/h4-6,12-13H,3,11H2,1-2H3. The summed E-state index contributed by atoms with van der Waals surface area (Å²) in [6, 6.07) is 6.10. The van der Waals surface area contributed by atoms with E-state index >= 15 is 0 Å². The third-order valence-electron chi connectivity index (χ3n) is 1.93. The number of anilines is 1. The predicted molar refractivity (Wildman–Crippen MR) is 56.0 cm³/mol. The van der Waals surface area contributed by atoms with E-state index in [2.05, 4.69) is 17.3 Å². The van der Waals surface area contributed by atoms with Gasteiger partial charge >= 0.3 is 0 Å². The van der Waals surface area contributed by atoms with Gasteiger partial charge in [-0.3, -0.25) is 0 Å². The minimum atomic E-state index is 0.595. The van der Waals surface area contributed by atoms with Crippen LogP contribution < -0.4 is 16.6 Å². The van der Waals surface area contributed by atoms with Gasteiger partial charge in [0.25, 0.3) is 0 Å². The molecule has 0 aliphatic rings. The number of nitrogens with one attached hydrogen (secondary N) is 2. The first-order valence-corrected chi connectivity index (χ1v) is 4.14. The molecule has 0 bridgehead atoms. The average Bonchev–Trinajstić information content (AvgIpc) is 2.11. The SMILES string of the molecule is C=C(NN)Nc1c(C)cccc1C. The molecule has 70 valence electrons. The second-order valence-corrected chi connectivity index (χ2v) is 3.01. The maximum absolute atomic E-state index is 5.21. The molecule has 0 fully saturated rings. The van der Waals surface area contributed by atoms with E-state index in [1.165, 1.54) is 11.1 Å². The normalized spacial score (nSPS) is 9.46. The third kappa shape index (κ3) is 2.23. The van der Waals surface area contributed by atoms with E-state index in [-0.39, 0.29) is 0 Å². The van der Waals surface area contributed by atoms with Crippen LogP contribution in [0.1, 0.15) is 11.1 Å². The number of hydrazine groups is 1. The zero-order valence-electron chi connectivity index (χ0n) is 8.02. The molecular weight excluding hydrogens is 162 g/mol. The third-order valence-corrected chi connectivity index (χ3v) is 1.93. The van der Waals surface area contributed by atoms with Crippen molar-refractivity contribution in [3.63, 3.8) is 0 Å². The topological polar surface area (TPSA) is 50.1 Å². The Balaban J connectivity index is 2.93. The molecule has 4 N–H and O–H groups in total. The molecule has 0 unspecified atom stereocenters. The molecule has 0 aromatic heterocycles. The van der Waals surface area contributed by atoms with Crippen LogP contribution in [0.25, 0.3) is 0 Å². The van der Waals surface area contributed by atoms with Crippen molar-refractivity contribution in [2.75, 3.05) is 5.32 Å². The Bertz CT molecular complexity index is 298. The fraction of sp³-hybridized carbons (Fsp3) is 0.200. The lowest BCUT2D eigenvalue weighted by Crippen LogP contribution is -2.25.